The molecule has 0 radical (unpaired) electrons. The van der Waals surface area contributed by atoms with Crippen LogP contribution in [0.1, 0.15) is 5.56 Å². The number of aromatic nitrogens is 2. The molecule has 0 aliphatic rings. The molecule has 0 fully saturated rings. The van der Waals surface area contributed by atoms with Crippen molar-refractivity contribution in [3.8, 4) is 5.69 Å². The minimum Gasteiger partial charge on any atom is -0.394 e. The van der Waals surface area contributed by atoms with Crippen LogP contribution in [0.5, 0.6) is 0 Å². The molecule has 6 nitrogen and oxygen atoms in total. The second kappa shape index (κ2) is 8.12. The Balaban J connectivity index is 1.66. The number of carbonyl (C=O) groups is 1. The van der Waals surface area contributed by atoms with Crippen molar-refractivity contribution in [2.24, 2.45) is 0 Å². The van der Waals surface area contributed by atoms with Crippen LogP contribution in [-0.4, -0.2) is 33.6 Å². The maximum absolute atomic E-state index is 12.3. The van der Waals surface area contributed by atoms with Gasteiger partial charge in [-0.05, 0) is 30.2 Å². The lowest BCUT2D eigenvalue weighted by Gasteiger charge is -2.18. The highest BCUT2D eigenvalue weighted by Gasteiger charge is 2.14. The number of benzene rings is 2. The van der Waals surface area contributed by atoms with Gasteiger partial charge in [0.05, 0.1) is 24.0 Å². The number of hydrogen-bond acceptors (Lipinski definition) is 3. The van der Waals surface area contributed by atoms with Crippen molar-refractivity contribution in [1.82, 2.24) is 15.1 Å². The summed E-state index contributed by atoms with van der Waals surface area (Å²) in [6.07, 6.45) is 4.05. The lowest BCUT2D eigenvalue weighted by Crippen LogP contribution is -2.41. The first kappa shape index (κ1) is 16.7. The SMILES string of the molecule is O=C(Nc1ccccc1-n1cccn1)N[C@H](CO)Cc1ccccc1. The van der Waals surface area contributed by atoms with E-state index in [1.807, 2.05) is 66.9 Å². The van der Waals surface area contributed by atoms with Crippen molar-refractivity contribution < 1.29 is 9.90 Å². The number of amides is 2. The van der Waals surface area contributed by atoms with Crippen molar-refractivity contribution >= 4 is 11.7 Å². The zero-order valence-electron chi connectivity index (χ0n) is 13.7. The third-order valence-electron chi connectivity index (χ3n) is 3.78. The van der Waals surface area contributed by atoms with Crippen LogP contribution < -0.4 is 10.6 Å². The van der Waals surface area contributed by atoms with E-state index in [1.54, 1.807) is 10.9 Å². The van der Waals surface area contributed by atoms with Crippen LogP contribution >= 0.6 is 0 Å². The number of urea groups is 1. The summed E-state index contributed by atoms with van der Waals surface area (Å²) in [6, 6.07) is 18.2. The Morgan fingerprint density at radius 3 is 2.56 bits per heavy atom. The van der Waals surface area contributed by atoms with Crippen molar-refractivity contribution in [3.05, 3.63) is 78.6 Å². The molecular formula is C19H20N4O2. The number of aliphatic hydroxyl groups is 1. The summed E-state index contributed by atoms with van der Waals surface area (Å²) in [5, 5.41) is 19.4. The van der Waals surface area contributed by atoms with E-state index in [2.05, 4.69) is 15.7 Å². The minimum atomic E-state index is -0.366. The van der Waals surface area contributed by atoms with E-state index in [0.29, 0.717) is 12.1 Å². The molecule has 2 aromatic carbocycles. The van der Waals surface area contributed by atoms with Crippen molar-refractivity contribution in [1.29, 1.82) is 0 Å². The third kappa shape index (κ3) is 4.45. The Morgan fingerprint density at radius 1 is 1.08 bits per heavy atom. The van der Waals surface area contributed by atoms with Crippen LogP contribution in [0.25, 0.3) is 5.69 Å². The van der Waals surface area contributed by atoms with Gasteiger partial charge in [-0.3, -0.25) is 0 Å². The van der Waals surface area contributed by atoms with Gasteiger partial charge in [0.25, 0.3) is 0 Å². The number of aliphatic hydroxyl groups excluding tert-OH is 1. The highest BCUT2D eigenvalue weighted by atomic mass is 16.3. The molecule has 0 saturated heterocycles. The van der Waals surface area contributed by atoms with Crippen LogP contribution in [0.15, 0.2) is 73.1 Å². The van der Waals surface area contributed by atoms with Crippen LogP contribution in [0.3, 0.4) is 0 Å². The van der Waals surface area contributed by atoms with E-state index < -0.39 is 0 Å². The number of rotatable bonds is 6. The fraction of sp³-hybridized carbons (Fsp3) is 0.158. The van der Waals surface area contributed by atoms with Crippen LogP contribution in [-0.2, 0) is 6.42 Å². The topological polar surface area (TPSA) is 79.2 Å². The van der Waals surface area contributed by atoms with Gasteiger partial charge in [-0.2, -0.15) is 5.10 Å². The number of hydrogen-bond donors (Lipinski definition) is 3. The van der Waals surface area contributed by atoms with E-state index in [4.69, 9.17) is 0 Å². The molecule has 6 heteroatoms. The Kier molecular flexibility index (Phi) is 5.43. The molecule has 0 aliphatic heterocycles. The first-order valence-corrected chi connectivity index (χ1v) is 8.07. The smallest absolute Gasteiger partial charge is 0.319 e. The summed E-state index contributed by atoms with van der Waals surface area (Å²) in [7, 11) is 0. The van der Waals surface area contributed by atoms with Crippen molar-refractivity contribution in [2.75, 3.05) is 11.9 Å². The second-order valence-electron chi connectivity index (χ2n) is 5.64. The largest absolute Gasteiger partial charge is 0.394 e. The minimum absolute atomic E-state index is 0.136. The molecule has 0 saturated carbocycles. The van der Waals surface area contributed by atoms with Gasteiger partial charge >= 0.3 is 6.03 Å². The molecule has 3 aromatic rings. The van der Waals surface area contributed by atoms with Gasteiger partial charge < -0.3 is 15.7 Å². The quantitative estimate of drug-likeness (QED) is 0.647. The van der Waals surface area contributed by atoms with Crippen LogP contribution in [0.2, 0.25) is 0 Å². The molecule has 0 aliphatic carbocycles. The van der Waals surface area contributed by atoms with Gasteiger partial charge in [-0.1, -0.05) is 42.5 Å². The number of nitrogens with one attached hydrogen (secondary N) is 2. The summed E-state index contributed by atoms with van der Waals surface area (Å²) in [5.41, 5.74) is 2.46. The summed E-state index contributed by atoms with van der Waals surface area (Å²) < 4.78 is 1.68. The Labute approximate surface area is 146 Å². The summed E-state index contributed by atoms with van der Waals surface area (Å²) >= 11 is 0. The lowest BCUT2D eigenvalue weighted by atomic mass is 10.1. The second-order valence-corrected chi connectivity index (χ2v) is 5.64. The van der Waals surface area contributed by atoms with E-state index in [-0.39, 0.29) is 18.7 Å². The molecule has 3 N–H and O–H groups in total. The molecule has 128 valence electrons. The number of para-hydroxylation sites is 2. The van der Waals surface area contributed by atoms with Crippen molar-refractivity contribution in [3.63, 3.8) is 0 Å². The standard InChI is InChI=1S/C19H20N4O2/c24-14-16(13-15-7-2-1-3-8-15)21-19(25)22-17-9-4-5-10-18(17)23-12-6-11-20-23/h1-12,16,24H,13-14H2,(H2,21,22,25)/t16-/m0/s1. The fourth-order valence-electron chi connectivity index (χ4n) is 2.59. The molecule has 1 heterocycles. The van der Waals surface area contributed by atoms with Crippen LogP contribution in [0, 0.1) is 0 Å². The molecule has 0 unspecified atom stereocenters. The highest BCUT2D eigenvalue weighted by Crippen LogP contribution is 2.18. The average molecular weight is 336 g/mol. The van der Waals surface area contributed by atoms with Gasteiger partial charge in [0.1, 0.15) is 0 Å². The zero-order chi connectivity index (χ0) is 17.5. The number of nitrogens with zero attached hydrogens (tertiary/aromatic N) is 2. The summed E-state index contributed by atoms with van der Waals surface area (Å²) in [4.78, 5) is 12.3. The molecular weight excluding hydrogens is 316 g/mol. The zero-order valence-corrected chi connectivity index (χ0v) is 13.7. The first-order chi connectivity index (χ1) is 12.3. The molecule has 1 aromatic heterocycles. The predicted molar refractivity (Wildman–Crippen MR) is 96.7 cm³/mol. The van der Waals surface area contributed by atoms with Crippen LogP contribution in [0.4, 0.5) is 10.5 Å². The molecule has 1 atom stereocenters. The van der Waals surface area contributed by atoms with Gasteiger partial charge in [-0.25, -0.2) is 9.48 Å². The Morgan fingerprint density at radius 2 is 1.84 bits per heavy atom. The maximum Gasteiger partial charge on any atom is 0.319 e. The fourth-order valence-corrected chi connectivity index (χ4v) is 2.59. The predicted octanol–water partition coefficient (Wildman–Crippen LogP) is 2.60. The average Bonchev–Trinajstić information content (AvgIpc) is 3.17. The van der Waals surface area contributed by atoms with E-state index in [0.717, 1.165) is 11.3 Å². The normalized spacial score (nSPS) is 11.7. The molecule has 3 rings (SSSR count). The van der Waals surface area contributed by atoms with Gasteiger partial charge in [0.2, 0.25) is 0 Å². The third-order valence-corrected chi connectivity index (χ3v) is 3.78. The van der Waals surface area contributed by atoms with E-state index in [1.165, 1.54) is 0 Å². The van der Waals surface area contributed by atoms with Gasteiger partial charge in [-0.15, -0.1) is 0 Å². The first-order valence-electron chi connectivity index (χ1n) is 8.07. The molecule has 0 bridgehead atoms. The van der Waals surface area contributed by atoms with E-state index in [9.17, 15) is 9.90 Å². The number of carbonyl (C=O) groups excluding carboxylic acids is 1. The number of anilines is 1. The van der Waals surface area contributed by atoms with Crippen molar-refractivity contribution in [2.45, 2.75) is 12.5 Å². The molecule has 25 heavy (non-hydrogen) atoms. The molecule has 0 spiro atoms. The maximum atomic E-state index is 12.3. The lowest BCUT2D eigenvalue weighted by molar-refractivity contribution is 0.224. The summed E-state index contributed by atoms with van der Waals surface area (Å²) in [5.74, 6) is 0. The van der Waals surface area contributed by atoms with E-state index >= 15 is 0 Å². The highest BCUT2D eigenvalue weighted by molar-refractivity contribution is 5.91. The Bertz CT molecular complexity index is 803. The molecule has 2 amide bonds. The van der Waals surface area contributed by atoms with Gasteiger partial charge in [0.15, 0.2) is 0 Å². The monoisotopic (exact) mass is 336 g/mol. The Hall–Kier alpha value is -3.12. The van der Waals surface area contributed by atoms with Gasteiger partial charge in [0, 0.05) is 12.4 Å². The summed E-state index contributed by atoms with van der Waals surface area (Å²) in [6.45, 7) is -0.136.